The van der Waals surface area contributed by atoms with E-state index < -0.39 is 0 Å². The topological polar surface area (TPSA) is 49.0 Å². The fraction of sp³-hybridized carbons (Fsp3) is 0.125. The number of aromatic amines is 1. The molecular weight excluding hydrogens is 250 g/mol. The fourth-order valence-electron chi connectivity index (χ4n) is 2.16. The summed E-state index contributed by atoms with van der Waals surface area (Å²) in [7, 11) is 1.78. The van der Waals surface area contributed by atoms with Gasteiger partial charge in [0, 0.05) is 13.6 Å². The Morgan fingerprint density at radius 1 is 1.10 bits per heavy atom. The van der Waals surface area contributed by atoms with E-state index in [1.807, 2.05) is 54.6 Å². The fourth-order valence-corrected chi connectivity index (χ4v) is 2.16. The number of fused-ring (bicyclic) bond motifs is 1. The Bertz CT molecular complexity index is 701. The molecule has 1 N–H and O–H groups in total. The lowest BCUT2D eigenvalue weighted by Gasteiger charge is -2.15. The molecule has 1 heterocycles. The predicted molar refractivity (Wildman–Crippen MR) is 78.3 cm³/mol. The van der Waals surface area contributed by atoms with Crippen molar-refractivity contribution in [3.63, 3.8) is 0 Å². The summed E-state index contributed by atoms with van der Waals surface area (Å²) in [6.45, 7) is 0.566. The first-order valence-corrected chi connectivity index (χ1v) is 6.48. The van der Waals surface area contributed by atoms with Crippen LogP contribution in [0.1, 0.15) is 16.2 Å². The van der Waals surface area contributed by atoms with Gasteiger partial charge in [0.1, 0.15) is 0 Å². The van der Waals surface area contributed by atoms with E-state index in [1.165, 1.54) is 0 Å². The summed E-state index contributed by atoms with van der Waals surface area (Å²) in [5.74, 6) is 0.273. The third kappa shape index (κ3) is 2.40. The van der Waals surface area contributed by atoms with E-state index in [2.05, 4.69) is 9.97 Å². The number of hydrogen-bond acceptors (Lipinski definition) is 2. The van der Waals surface area contributed by atoms with Gasteiger partial charge in [-0.1, -0.05) is 42.5 Å². The van der Waals surface area contributed by atoms with E-state index >= 15 is 0 Å². The van der Waals surface area contributed by atoms with Crippen molar-refractivity contribution in [2.75, 3.05) is 7.05 Å². The highest BCUT2D eigenvalue weighted by molar-refractivity contribution is 5.93. The van der Waals surface area contributed by atoms with Gasteiger partial charge in [-0.3, -0.25) is 4.79 Å². The van der Waals surface area contributed by atoms with Gasteiger partial charge in [0.25, 0.3) is 5.91 Å². The zero-order valence-electron chi connectivity index (χ0n) is 11.2. The highest BCUT2D eigenvalue weighted by atomic mass is 16.2. The predicted octanol–water partition coefficient (Wildman–Crippen LogP) is 2.84. The molecule has 0 spiro atoms. The summed E-state index contributed by atoms with van der Waals surface area (Å²) in [4.78, 5) is 21.4. The van der Waals surface area contributed by atoms with E-state index in [0.717, 1.165) is 16.6 Å². The summed E-state index contributed by atoms with van der Waals surface area (Å²) in [6, 6.07) is 17.5. The molecule has 1 amide bonds. The van der Waals surface area contributed by atoms with E-state index in [0.29, 0.717) is 12.4 Å². The molecule has 4 heteroatoms. The van der Waals surface area contributed by atoms with Gasteiger partial charge >= 0.3 is 0 Å². The van der Waals surface area contributed by atoms with Crippen molar-refractivity contribution in [1.29, 1.82) is 0 Å². The van der Waals surface area contributed by atoms with Crippen LogP contribution in [0.5, 0.6) is 0 Å². The quantitative estimate of drug-likeness (QED) is 0.791. The SMILES string of the molecule is CN(Cc1ccccc1)C(=O)c1nc2ccccc2[nH]1. The van der Waals surface area contributed by atoms with Crippen molar-refractivity contribution in [3.05, 3.63) is 66.0 Å². The molecule has 0 fully saturated rings. The number of amides is 1. The van der Waals surface area contributed by atoms with Crippen molar-refractivity contribution in [2.45, 2.75) is 6.54 Å². The van der Waals surface area contributed by atoms with Crippen molar-refractivity contribution < 1.29 is 4.79 Å². The largest absolute Gasteiger partial charge is 0.335 e. The van der Waals surface area contributed by atoms with Gasteiger partial charge in [-0.25, -0.2) is 4.98 Å². The molecule has 1 aromatic heterocycles. The number of hydrogen-bond donors (Lipinski definition) is 1. The van der Waals surface area contributed by atoms with E-state index in [4.69, 9.17) is 0 Å². The zero-order chi connectivity index (χ0) is 13.9. The molecule has 0 aliphatic heterocycles. The Labute approximate surface area is 117 Å². The maximum atomic E-state index is 12.4. The zero-order valence-corrected chi connectivity index (χ0v) is 11.2. The number of H-pyrrole nitrogens is 1. The number of aromatic nitrogens is 2. The van der Waals surface area contributed by atoms with Crippen LogP contribution in [0.2, 0.25) is 0 Å². The second-order valence-electron chi connectivity index (χ2n) is 4.75. The highest BCUT2D eigenvalue weighted by Gasteiger charge is 2.16. The lowest BCUT2D eigenvalue weighted by atomic mass is 10.2. The number of rotatable bonds is 3. The molecule has 0 aliphatic rings. The molecule has 3 aromatic rings. The molecule has 20 heavy (non-hydrogen) atoms. The van der Waals surface area contributed by atoms with Gasteiger partial charge in [0.2, 0.25) is 0 Å². The Hall–Kier alpha value is -2.62. The van der Waals surface area contributed by atoms with Crippen molar-refractivity contribution in [3.8, 4) is 0 Å². The van der Waals surface area contributed by atoms with Gasteiger partial charge < -0.3 is 9.88 Å². The first-order valence-electron chi connectivity index (χ1n) is 6.48. The van der Waals surface area contributed by atoms with Crippen molar-refractivity contribution >= 4 is 16.9 Å². The second kappa shape index (κ2) is 5.17. The van der Waals surface area contributed by atoms with Crippen LogP contribution in [-0.4, -0.2) is 27.8 Å². The molecule has 4 nitrogen and oxygen atoms in total. The van der Waals surface area contributed by atoms with Gasteiger partial charge in [-0.15, -0.1) is 0 Å². The minimum atomic E-state index is -0.106. The average Bonchev–Trinajstić information content (AvgIpc) is 2.91. The number of carbonyl (C=O) groups excluding carboxylic acids is 1. The third-order valence-corrected chi connectivity index (χ3v) is 3.20. The van der Waals surface area contributed by atoms with E-state index in [-0.39, 0.29) is 5.91 Å². The average molecular weight is 265 g/mol. The lowest BCUT2D eigenvalue weighted by molar-refractivity contribution is 0.0774. The van der Waals surface area contributed by atoms with Crippen LogP contribution in [0.3, 0.4) is 0 Å². The summed E-state index contributed by atoms with van der Waals surface area (Å²) in [5, 5.41) is 0. The van der Waals surface area contributed by atoms with Gasteiger partial charge in [0.15, 0.2) is 5.82 Å². The van der Waals surface area contributed by atoms with Crippen LogP contribution in [-0.2, 0) is 6.54 Å². The molecule has 2 aromatic carbocycles. The molecular formula is C16H15N3O. The number of imidazole rings is 1. The minimum absolute atomic E-state index is 0.106. The Morgan fingerprint density at radius 2 is 1.80 bits per heavy atom. The monoisotopic (exact) mass is 265 g/mol. The number of carbonyl (C=O) groups is 1. The molecule has 0 saturated carbocycles. The molecule has 0 unspecified atom stereocenters. The van der Waals surface area contributed by atoms with Gasteiger partial charge in [0.05, 0.1) is 11.0 Å². The summed E-state index contributed by atoms with van der Waals surface area (Å²) >= 11 is 0. The first kappa shape index (κ1) is 12.4. The number of para-hydroxylation sites is 2. The maximum absolute atomic E-state index is 12.4. The van der Waals surface area contributed by atoms with Crippen LogP contribution >= 0.6 is 0 Å². The Balaban J connectivity index is 1.81. The summed E-state index contributed by atoms with van der Waals surface area (Å²) < 4.78 is 0. The molecule has 0 radical (unpaired) electrons. The smallest absolute Gasteiger partial charge is 0.289 e. The van der Waals surface area contributed by atoms with Crippen LogP contribution < -0.4 is 0 Å². The van der Waals surface area contributed by atoms with Gasteiger partial charge in [-0.05, 0) is 17.7 Å². The van der Waals surface area contributed by atoms with E-state index in [9.17, 15) is 4.79 Å². The normalized spacial score (nSPS) is 10.7. The summed E-state index contributed by atoms with van der Waals surface area (Å²) in [6.07, 6.45) is 0. The van der Waals surface area contributed by atoms with Crippen LogP contribution in [0.4, 0.5) is 0 Å². The molecule has 0 saturated heterocycles. The van der Waals surface area contributed by atoms with Gasteiger partial charge in [-0.2, -0.15) is 0 Å². The minimum Gasteiger partial charge on any atom is -0.335 e. The molecule has 100 valence electrons. The maximum Gasteiger partial charge on any atom is 0.289 e. The van der Waals surface area contributed by atoms with Crippen LogP contribution in [0.25, 0.3) is 11.0 Å². The summed E-state index contributed by atoms with van der Waals surface area (Å²) in [5.41, 5.74) is 2.78. The van der Waals surface area contributed by atoms with Crippen LogP contribution in [0, 0.1) is 0 Å². The Morgan fingerprint density at radius 3 is 2.55 bits per heavy atom. The molecule has 0 atom stereocenters. The highest BCUT2D eigenvalue weighted by Crippen LogP contribution is 2.12. The number of nitrogens with zero attached hydrogens (tertiary/aromatic N) is 2. The van der Waals surface area contributed by atoms with Crippen molar-refractivity contribution in [1.82, 2.24) is 14.9 Å². The number of nitrogens with one attached hydrogen (secondary N) is 1. The first-order chi connectivity index (χ1) is 9.74. The van der Waals surface area contributed by atoms with Crippen LogP contribution in [0.15, 0.2) is 54.6 Å². The standard InChI is InChI=1S/C16H15N3O/c1-19(11-12-7-3-2-4-8-12)16(20)15-17-13-9-5-6-10-14(13)18-15/h2-10H,11H2,1H3,(H,17,18). The second-order valence-corrected chi connectivity index (χ2v) is 4.75. The number of benzene rings is 2. The molecule has 3 rings (SSSR count). The molecule has 0 aliphatic carbocycles. The Kier molecular flexibility index (Phi) is 3.21. The lowest BCUT2D eigenvalue weighted by Crippen LogP contribution is -2.27. The van der Waals surface area contributed by atoms with Crippen molar-refractivity contribution in [2.24, 2.45) is 0 Å². The third-order valence-electron chi connectivity index (χ3n) is 3.20. The molecule has 0 bridgehead atoms. The van der Waals surface area contributed by atoms with E-state index in [1.54, 1.807) is 11.9 Å².